The number of hydrogen-bond donors (Lipinski definition) is 0. The summed E-state index contributed by atoms with van der Waals surface area (Å²) >= 11 is 0. The fourth-order valence-electron chi connectivity index (χ4n) is 1.19. The van der Waals surface area contributed by atoms with Crippen LogP contribution in [0.2, 0.25) is 0 Å². The molecule has 2 rings (SSSR count). The van der Waals surface area contributed by atoms with Gasteiger partial charge in [-0.25, -0.2) is 0 Å². The molecule has 0 amide bonds. The predicted octanol–water partition coefficient (Wildman–Crippen LogP) is 2.57. The van der Waals surface area contributed by atoms with Crippen LogP contribution in [0.5, 0.6) is 0 Å². The Labute approximate surface area is 82.2 Å². The van der Waals surface area contributed by atoms with Crippen molar-refractivity contribution in [1.82, 2.24) is 4.98 Å². The minimum absolute atomic E-state index is 0.589. The van der Waals surface area contributed by atoms with Crippen LogP contribution in [0.1, 0.15) is 0 Å². The smallest absolute Gasteiger partial charge is 0.0757 e. The quantitative estimate of drug-likeness (QED) is 0.674. The molecule has 1 heterocycles. The van der Waals surface area contributed by atoms with E-state index in [2.05, 4.69) is 4.98 Å². The maximum absolute atomic E-state index is 11.7. The van der Waals surface area contributed by atoms with Gasteiger partial charge in [-0.2, -0.15) is 5.06 Å². The molecule has 1 radical (unpaired) electrons. The molecule has 0 aliphatic rings. The number of hydrogen-bond acceptors (Lipinski definition) is 2. The lowest BCUT2D eigenvalue weighted by atomic mass is 10.3. The molecule has 0 saturated heterocycles. The van der Waals surface area contributed by atoms with E-state index < -0.39 is 0 Å². The molecular formula is C11H9N2O. The van der Waals surface area contributed by atoms with Gasteiger partial charge in [0.15, 0.2) is 0 Å². The van der Waals surface area contributed by atoms with Gasteiger partial charge in [0.25, 0.3) is 0 Å². The van der Waals surface area contributed by atoms with E-state index in [0.717, 1.165) is 5.06 Å². The Balaban J connectivity index is 2.30. The van der Waals surface area contributed by atoms with Crippen molar-refractivity contribution in [2.75, 3.05) is 5.06 Å². The van der Waals surface area contributed by atoms with E-state index >= 15 is 0 Å². The number of rotatable bonds is 2. The molecule has 14 heavy (non-hydrogen) atoms. The van der Waals surface area contributed by atoms with E-state index in [0.29, 0.717) is 11.4 Å². The summed E-state index contributed by atoms with van der Waals surface area (Å²) in [5.41, 5.74) is 1.21. The Morgan fingerprint density at radius 2 is 1.43 bits per heavy atom. The van der Waals surface area contributed by atoms with Crippen molar-refractivity contribution in [1.29, 1.82) is 0 Å². The highest BCUT2D eigenvalue weighted by Crippen LogP contribution is 2.21. The molecule has 3 heteroatoms. The molecule has 0 spiro atoms. The SMILES string of the molecule is [O]N(c1ccccc1)c1ccncc1. The van der Waals surface area contributed by atoms with Crippen LogP contribution in [-0.2, 0) is 5.21 Å². The molecule has 1 aromatic heterocycles. The first-order chi connectivity index (χ1) is 6.88. The van der Waals surface area contributed by atoms with Crippen molar-refractivity contribution < 1.29 is 5.21 Å². The molecule has 2 aromatic rings. The van der Waals surface area contributed by atoms with Gasteiger partial charge in [-0.15, -0.1) is 0 Å². The van der Waals surface area contributed by atoms with Crippen LogP contribution < -0.4 is 5.06 Å². The predicted molar refractivity (Wildman–Crippen MR) is 53.5 cm³/mol. The summed E-state index contributed by atoms with van der Waals surface area (Å²) in [6.45, 7) is 0. The minimum Gasteiger partial charge on any atom is -0.265 e. The monoisotopic (exact) mass is 185 g/mol. The molecule has 3 nitrogen and oxygen atoms in total. The molecule has 0 unspecified atom stereocenters. The Kier molecular flexibility index (Phi) is 2.42. The lowest BCUT2D eigenvalue weighted by molar-refractivity contribution is 0.196. The normalized spacial score (nSPS) is 9.79. The molecule has 0 N–H and O–H groups in total. The molecule has 0 fully saturated rings. The van der Waals surface area contributed by atoms with Crippen LogP contribution in [-0.4, -0.2) is 4.98 Å². The molecule has 0 bridgehead atoms. The first-order valence-electron chi connectivity index (χ1n) is 4.30. The van der Waals surface area contributed by atoms with Crippen molar-refractivity contribution in [2.45, 2.75) is 0 Å². The van der Waals surface area contributed by atoms with Crippen LogP contribution in [0.3, 0.4) is 0 Å². The van der Waals surface area contributed by atoms with Crippen molar-refractivity contribution in [3.05, 3.63) is 54.9 Å². The highest BCUT2D eigenvalue weighted by atomic mass is 16.5. The topological polar surface area (TPSA) is 36.0 Å². The number of anilines is 2. The van der Waals surface area contributed by atoms with Gasteiger partial charge in [-0.1, -0.05) is 23.4 Å². The van der Waals surface area contributed by atoms with Gasteiger partial charge in [0.2, 0.25) is 0 Å². The average Bonchev–Trinajstić information content (AvgIpc) is 2.30. The largest absolute Gasteiger partial charge is 0.265 e. The van der Waals surface area contributed by atoms with Gasteiger partial charge < -0.3 is 0 Å². The zero-order valence-electron chi connectivity index (χ0n) is 7.50. The summed E-state index contributed by atoms with van der Waals surface area (Å²) in [5.74, 6) is 0. The lowest BCUT2D eigenvalue weighted by Gasteiger charge is -2.12. The Morgan fingerprint density at radius 3 is 2.07 bits per heavy atom. The van der Waals surface area contributed by atoms with Crippen LogP contribution in [0.15, 0.2) is 54.9 Å². The van der Waals surface area contributed by atoms with E-state index in [-0.39, 0.29) is 0 Å². The van der Waals surface area contributed by atoms with Gasteiger partial charge in [-0.05, 0) is 24.3 Å². The van der Waals surface area contributed by atoms with Gasteiger partial charge in [0.1, 0.15) is 0 Å². The fraction of sp³-hybridized carbons (Fsp3) is 0. The van der Waals surface area contributed by atoms with Crippen molar-refractivity contribution in [3.8, 4) is 0 Å². The number of benzene rings is 1. The minimum atomic E-state index is 0.589. The van der Waals surface area contributed by atoms with Gasteiger partial charge in [0, 0.05) is 12.4 Å². The number of pyridine rings is 1. The molecule has 0 saturated carbocycles. The first-order valence-corrected chi connectivity index (χ1v) is 4.30. The molecule has 0 atom stereocenters. The Hall–Kier alpha value is -1.87. The molecule has 1 aromatic carbocycles. The average molecular weight is 185 g/mol. The second kappa shape index (κ2) is 3.89. The highest BCUT2D eigenvalue weighted by Gasteiger charge is 2.05. The summed E-state index contributed by atoms with van der Waals surface area (Å²) in [6, 6.07) is 12.5. The maximum Gasteiger partial charge on any atom is 0.0757 e. The van der Waals surface area contributed by atoms with Gasteiger partial charge in [0.05, 0.1) is 11.4 Å². The molecular weight excluding hydrogens is 176 g/mol. The number of nitrogens with zero attached hydrogens (tertiary/aromatic N) is 2. The molecule has 0 aliphatic heterocycles. The molecule has 69 valence electrons. The maximum atomic E-state index is 11.7. The number of aromatic nitrogens is 1. The van der Waals surface area contributed by atoms with E-state index in [1.165, 1.54) is 0 Å². The van der Waals surface area contributed by atoms with Gasteiger partial charge in [-0.3, -0.25) is 4.98 Å². The third kappa shape index (κ3) is 1.72. The van der Waals surface area contributed by atoms with Crippen LogP contribution in [0, 0.1) is 0 Å². The summed E-state index contributed by atoms with van der Waals surface area (Å²) < 4.78 is 0. The second-order valence-electron chi connectivity index (χ2n) is 2.84. The Morgan fingerprint density at radius 1 is 0.857 bits per heavy atom. The van der Waals surface area contributed by atoms with E-state index in [1.54, 1.807) is 36.7 Å². The van der Waals surface area contributed by atoms with Crippen LogP contribution in [0.4, 0.5) is 11.4 Å². The summed E-state index contributed by atoms with van der Waals surface area (Å²) in [5, 5.41) is 12.6. The van der Waals surface area contributed by atoms with Gasteiger partial charge >= 0.3 is 0 Å². The van der Waals surface area contributed by atoms with Crippen molar-refractivity contribution in [3.63, 3.8) is 0 Å². The third-order valence-electron chi connectivity index (χ3n) is 1.89. The van der Waals surface area contributed by atoms with Crippen LogP contribution in [0.25, 0.3) is 0 Å². The van der Waals surface area contributed by atoms with Crippen molar-refractivity contribution in [2.24, 2.45) is 0 Å². The number of para-hydroxylation sites is 1. The Bertz CT molecular complexity index is 349. The van der Waals surface area contributed by atoms with Crippen LogP contribution >= 0.6 is 0 Å². The standard InChI is InChI=1S/C11H9N2O/c14-13(10-4-2-1-3-5-10)11-6-8-12-9-7-11/h1-9H. The first kappa shape index (κ1) is 8.72. The van der Waals surface area contributed by atoms with E-state index in [9.17, 15) is 5.21 Å². The summed E-state index contributed by atoms with van der Waals surface area (Å²) in [6.07, 6.45) is 3.20. The van der Waals surface area contributed by atoms with E-state index in [1.807, 2.05) is 18.2 Å². The summed E-state index contributed by atoms with van der Waals surface area (Å²) in [4.78, 5) is 3.86. The second-order valence-corrected chi connectivity index (χ2v) is 2.84. The highest BCUT2D eigenvalue weighted by molar-refractivity contribution is 5.58. The third-order valence-corrected chi connectivity index (χ3v) is 1.89. The summed E-state index contributed by atoms with van der Waals surface area (Å²) in [7, 11) is 0. The molecule has 0 aliphatic carbocycles. The van der Waals surface area contributed by atoms with Crippen molar-refractivity contribution >= 4 is 11.4 Å². The zero-order valence-corrected chi connectivity index (χ0v) is 7.50. The zero-order chi connectivity index (χ0) is 9.80. The lowest BCUT2D eigenvalue weighted by Crippen LogP contribution is -2.07. The fourth-order valence-corrected chi connectivity index (χ4v) is 1.19. The van der Waals surface area contributed by atoms with E-state index in [4.69, 9.17) is 0 Å².